The summed E-state index contributed by atoms with van der Waals surface area (Å²) in [5.41, 5.74) is 1.15. The van der Waals surface area contributed by atoms with Gasteiger partial charge >= 0.3 is 6.09 Å². The van der Waals surface area contributed by atoms with Gasteiger partial charge in [0.05, 0.1) is 5.39 Å². The maximum atomic E-state index is 13.6. The number of likely N-dealkylation sites (tertiary alicyclic amines) is 1. The van der Waals surface area contributed by atoms with Crippen molar-refractivity contribution < 1.29 is 13.4 Å². The third-order valence-electron chi connectivity index (χ3n) is 5.89. The predicted molar refractivity (Wildman–Crippen MR) is 117 cm³/mol. The summed E-state index contributed by atoms with van der Waals surface area (Å²) < 4.78 is 20.6. The lowest BCUT2D eigenvalue weighted by atomic mass is 9.96. The fraction of sp³-hybridized carbons (Fsp3) is 0.667. The number of anilines is 1. The van der Waals surface area contributed by atoms with E-state index in [0.29, 0.717) is 36.4 Å². The molecule has 1 amide bonds. The molecular formula is C21H30FN5O2S. The number of ether oxygens (including phenoxy) is 1. The summed E-state index contributed by atoms with van der Waals surface area (Å²) in [5.74, 6) is 1.68. The van der Waals surface area contributed by atoms with Crippen molar-refractivity contribution in [3.63, 3.8) is 0 Å². The zero-order valence-corrected chi connectivity index (χ0v) is 18.8. The van der Waals surface area contributed by atoms with E-state index in [2.05, 4.69) is 22.2 Å². The van der Waals surface area contributed by atoms with E-state index in [1.165, 1.54) is 23.1 Å². The molecule has 1 N–H and O–H groups in total. The second-order valence-corrected chi connectivity index (χ2v) is 9.97. The van der Waals surface area contributed by atoms with Gasteiger partial charge in [-0.1, -0.05) is 6.92 Å². The molecule has 2 unspecified atom stereocenters. The zero-order valence-electron chi connectivity index (χ0n) is 18.0. The van der Waals surface area contributed by atoms with E-state index in [-0.39, 0.29) is 24.5 Å². The Hall–Kier alpha value is -2.03. The van der Waals surface area contributed by atoms with Gasteiger partial charge in [0.25, 0.3) is 0 Å². The first-order valence-electron chi connectivity index (χ1n) is 10.7. The average Bonchev–Trinajstić information content (AvgIpc) is 3.47. The van der Waals surface area contributed by atoms with Crippen molar-refractivity contribution in [3.8, 4) is 0 Å². The third kappa shape index (κ3) is 4.50. The fourth-order valence-electron chi connectivity index (χ4n) is 4.20. The number of rotatable bonds is 5. The van der Waals surface area contributed by atoms with E-state index in [9.17, 15) is 8.68 Å². The number of carbonyl (C=O) groups excluding carboxylic acids is 1. The molecule has 7 nitrogen and oxygen atoms in total. The Morgan fingerprint density at radius 3 is 2.77 bits per heavy atom. The van der Waals surface area contributed by atoms with Gasteiger partial charge in [-0.15, -0.1) is 3.89 Å². The summed E-state index contributed by atoms with van der Waals surface area (Å²) in [6.45, 7) is 9.05. The molecule has 0 radical (unpaired) electrons. The van der Waals surface area contributed by atoms with Crippen molar-refractivity contribution in [3.05, 3.63) is 18.1 Å². The van der Waals surface area contributed by atoms with Gasteiger partial charge in [0.1, 0.15) is 17.7 Å². The number of fused-ring (bicyclic) bond motifs is 1. The molecule has 30 heavy (non-hydrogen) atoms. The molecule has 1 aliphatic heterocycles. The van der Waals surface area contributed by atoms with Gasteiger partial charge < -0.3 is 15.0 Å². The molecule has 3 heterocycles. The zero-order chi connectivity index (χ0) is 21.5. The van der Waals surface area contributed by atoms with Crippen LogP contribution in [0.5, 0.6) is 0 Å². The first-order chi connectivity index (χ1) is 14.3. The van der Waals surface area contributed by atoms with Crippen LogP contribution in [-0.2, 0) is 4.74 Å². The minimum atomic E-state index is -0.517. The minimum Gasteiger partial charge on any atom is -0.444 e. The summed E-state index contributed by atoms with van der Waals surface area (Å²) in [5, 5.41) is 4.40. The average molecular weight is 436 g/mol. The van der Waals surface area contributed by atoms with Gasteiger partial charge in [0.2, 0.25) is 0 Å². The van der Waals surface area contributed by atoms with Crippen molar-refractivity contribution in [1.29, 1.82) is 0 Å². The first-order valence-corrected chi connectivity index (χ1v) is 11.3. The highest BCUT2D eigenvalue weighted by Gasteiger charge is 2.33. The number of nitrogens with one attached hydrogen (secondary N) is 1. The first kappa shape index (κ1) is 21.2. The number of hydrogen-bond acceptors (Lipinski definition) is 6. The van der Waals surface area contributed by atoms with E-state index in [1.807, 2.05) is 27.0 Å². The number of halogens is 1. The van der Waals surface area contributed by atoms with Gasteiger partial charge in [0, 0.05) is 25.3 Å². The molecule has 2 fully saturated rings. The van der Waals surface area contributed by atoms with Crippen molar-refractivity contribution in [2.75, 3.05) is 18.4 Å². The molecule has 2 aromatic rings. The van der Waals surface area contributed by atoms with Crippen LogP contribution in [0.2, 0.25) is 0 Å². The van der Waals surface area contributed by atoms with E-state index < -0.39 is 5.60 Å². The molecule has 0 aromatic carbocycles. The Morgan fingerprint density at radius 1 is 1.33 bits per heavy atom. The van der Waals surface area contributed by atoms with Crippen LogP contribution < -0.4 is 5.32 Å². The molecule has 2 aliphatic rings. The molecule has 0 spiro atoms. The molecule has 1 saturated carbocycles. The molecule has 2 atom stereocenters. The van der Waals surface area contributed by atoms with E-state index in [0.717, 1.165) is 23.8 Å². The minimum absolute atomic E-state index is 0.0508. The van der Waals surface area contributed by atoms with Crippen molar-refractivity contribution >= 4 is 35.3 Å². The largest absolute Gasteiger partial charge is 0.444 e. The maximum absolute atomic E-state index is 13.6. The standard InChI is InChI=1S/C21H30FN5O2S/c1-13(14-7-8-14)16-11-27(30-22)19-17(16)18(23-12-24-19)25-15-6-5-9-26(10-15)20(28)29-21(2,3)4/h11-15H,5-10H2,1-4H3,(H,23,24,25). The van der Waals surface area contributed by atoms with Gasteiger partial charge in [-0.3, -0.25) is 0 Å². The SMILES string of the molecule is CC(c1cn(SF)c2ncnc(NC3CCCN(C(=O)OC(C)(C)C)C3)c12)C1CC1. The monoisotopic (exact) mass is 435 g/mol. The maximum Gasteiger partial charge on any atom is 0.410 e. The second kappa shape index (κ2) is 8.24. The van der Waals surface area contributed by atoms with E-state index in [4.69, 9.17) is 4.74 Å². The van der Waals surface area contributed by atoms with E-state index >= 15 is 0 Å². The topological polar surface area (TPSA) is 72.3 Å². The molecule has 4 rings (SSSR count). The van der Waals surface area contributed by atoms with Crippen LogP contribution in [0, 0.1) is 5.92 Å². The lowest BCUT2D eigenvalue weighted by Gasteiger charge is -2.34. The molecule has 1 saturated heterocycles. The van der Waals surface area contributed by atoms with Crippen molar-refractivity contribution in [2.24, 2.45) is 5.92 Å². The number of nitrogens with zero attached hydrogens (tertiary/aromatic N) is 4. The summed E-state index contributed by atoms with van der Waals surface area (Å²) in [4.78, 5) is 23.1. The van der Waals surface area contributed by atoms with Gasteiger partial charge in [0.15, 0.2) is 18.0 Å². The highest BCUT2D eigenvalue weighted by molar-refractivity contribution is 7.92. The highest BCUT2D eigenvalue weighted by Crippen LogP contribution is 2.46. The fourth-order valence-corrected chi connectivity index (χ4v) is 4.56. The molecule has 9 heteroatoms. The number of piperidine rings is 1. The van der Waals surface area contributed by atoms with Gasteiger partial charge in [-0.2, -0.15) is 0 Å². The number of hydrogen-bond donors (Lipinski definition) is 1. The molecule has 2 aromatic heterocycles. The van der Waals surface area contributed by atoms with Crippen LogP contribution in [0.3, 0.4) is 0 Å². The summed E-state index contributed by atoms with van der Waals surface area (Å²) in [6, 6.07) is 0.0508. The lowest BCUT2D eigenvalue weighted by molar-refractivity contribution is 0.0206. The molecular weight excluding hydrogens is 405 g/mol. The Bertz CT molecular complexity index is 924. The van der Waals surface area contributed by atoms with Crippen LogP contribution in [-0.4, -0.2) is 49.7 Å². The van der Waals surface area contributed by atoms with Crippen LogP contribution in [0.25, 0.3) is 11.0 Å². The quantitative estimate of drug-likeness (QED) is 0.701. The van der Waals surface area contributed by atoms with Crippen LogP contribution in [0.15, 0.2) is 12.5 Å². The third-order valence-corrected chi connectivity index (χ3v) is 6.32. The summed E-state index contributed by atoms with van der Waals surface area (Å²) >= 11 is 0.162. The molecule has 164 valence electrons. The van der Waals surface area contributed by atoms with Crippen LogP contribution >= 0.6 is 12.3 Å². The second-order valence-electron chi connectivity index (χ2n) is 9.44. The van der Waals surface area contributed by atoms with Gasteiger partial charge in [-0.25, -0.2) is 18.7 Å². The smallest absolute Gasteiger partial charge is 0.410 e. The summed E-state index contributed by atoms with van der Waals surface area (Å²) in [7, 11) is 0. The van der Waals surface area contributed by atoms with Crippen LogP contribution in [0.4, 0.5) is 14.5 Å². The number of aromatic nitrogens is 3. The highest BCUT2D eigenvalue weighted by atomic mass is 32.2. The van der Waals surface area contributed by atoms with Gasteiger partial charge in [-0.05, 0) is 63.9 Å². The Labute approximate surface area is 181 Å². The Morgan fingerprint density at radius 2 is 2.10 bits per heavy atom. The molecule has 0 bridgehead atoms. The Balaban J connectivity index is 1.57. The Kier molecular flexibility index (Phi) is 5.83. The van der Waals surface area contributed by atoms with E-state index in [1.54, 1.807) is 4.90 Å². The normalized spacial score (nSPS) is 21.0. The van der Waals surface area contributed by atoms with Crippen LogP contribution in [0.1, 0.15) is 64.9 Å². The number of carbonyl (C=O) groups is 1. The number of amides is 1. The molecule has 1 aliphatic carbocycles. The van der Waals surface area contributed by atoms with Crippen molar-refractivity contribution in [2.45, 2.75) is 70.9 Å². The predicted octanol–water partition coefficient (Wildman–Crippen LogP) is 5.14. The lowest BCUT2D eigenvalue weighted by Crippen LogP contribution is -2.47. The summed E-state index contributed by atoms with van der Waals surface area (Å²) in [6.07, 6.45) is 7.27. The van der Waals surface area contributed by atoms with Crippen molar-refractivity contribution in [1.82, 2.24) is 18.8 Å².